The first-order valence-corrected chi connectivity index (χ1v) is 8.14. The molecule has 0 heterocycles. The summed E-state index contributed by atoms with van der Waals surface area (Å²) in [6.45, 7) is 1.82. The largest absolute Gasteiger partial charge is 0.488 e. The molecule has 2 aromatic carbocycles. The molecule has 0 aliphatic rings. The first-order valence-electron chi connectivity index (χ1n) is 7.77. The second kappa shape index (κ2) is 8.53. The summed E-state index contributed by atoms with van der Waals surface area (Å²) in [5.74, 6) is -0.491. The zero-order valence-corrected chi connectivity index (χ0v) is 15.1. The van der Waals surface area contributed by atoms with Gasteiger partial charge >= 0.3 is 5.97 Å². The number of likely N-dealkylation sites (N-methyl/N-ethyl adjacent to an activating group) is 1. The summed E-state index contributed by atoms with van der Waals surface area (Å²) in [6, 6.07) is 14.0. The number of para-hydroxylation sites is 1. The van der Waals surface area contributed by atoms with Crippen LogP contribution in [0, 0.1) is 0 Å². The molecule has 0 radical (unpaired) electrons. The van der Waals surface area contributed by atoms with Crippen molar-refractivity contribution in [3.8, 4) is 5.75 Å². The molecule has 6 heteroatoms. The fourth-order valence-electron chi connectivity index (χ4n) is 2.14. The molecule has 25 heavy (non-hydrogen) atoms. The maximum Gasteiger partial charge on any atom is 0.342 e. The third-order valence-corrected chi connectivity index (χ3v) is 3.74. The summed E-state index contributed by atoms with van der Waals surface area (Å²) in [5, 5.41) is 0.646. The lowest BCUT2D eigenvalue weighted by Gasteiger charge is -2.18. The molecule has 132 valence electrons. The zero-order chi connectivity index (χ0) is 18.4. The molecule has 0 aromatic heterocycles. The van der Waals surface area contributed by atoms with Gasteiger partial charge in [0.25, 0.3) is 5.91 Å². The maximum atomic E-state index is 12.4. The van der Waals surface area contributed by atoms with E-state index in [0.29, 0.717) is 10.8 Å². The molecule has 0 aliphatic carbocycles. The van der Waals surface area contributed by atoms with Crippen LogP contribution in [0.15, 0.2) is 48.5 Å². The Labute approximate surface area is 152 Å². The van der Waals surface area contributed by atoms with Crippen molar-refractivity contribution in [3.05, 3.63) is 64.7 Å². The highest BCUT2D eigenvalue weighted by Gasteiger charge is 2.22. The minimum atomic E-state index is -0.869. The quantitative estimate of drug-likeness (QED) is 0.738. The van der Waals surface area contributed by atoms with Crippen molar-refractivity contribution in [2.24, 2.45) is 0 Å². The van der Waals surface area contributed by atoms with Crippen LogP contribution in [-0.4, -0.2) is 37.0 Å². The average Bonchev–Trinajstić information content (AvgIpc) is 2.60. The Morgan fingerprint density at radius 3 is 2.36 bits per heavy atom. The Hall–Kier alpha value is -2.53. The van der Waals surface area contributed by atoms with Crippen molar-refractivity contribution >= 4 is 23.5 Å². The minimum absolute atomic E-state index is 0.273. The van der Waals surface area contributed by atoms with Gasteiger partial charge in [-0.05, 0) is 36.8 Å². The summed E-state index contributed by atoms with van der Waals surface area (Å²) >= 11 is 5.86. The number of benzene rings is 2. The Kier molecular flexibility index (Phi) is 6.42. The Balaban J connectivity index is 2.07. The van der Waals surface area contributed by atoms with Crippen LogP contribution in [-0.2, 0) is 16.1 Å². The Bertz CT molecular complexity index is 743. The molecule has 2 rings (SSSR count). The smallest absolute Gasteiger partial charge is 0.342 e. The van der Waals surface area contributed by atoms with Crippen LogP contribution in [0.4, 0.5) is 0 Å². The third kappa shape index (κ3) is 5.22. The van der Waals surface area contributed by atoms with Crippen LogP contribution in [0.1, 0.15) is 22.8 Å². The number of esters is 1. The number of hydrogen-bond donors (Lipinski definition) is 0. The number of carbonyl (C=O) groups is 2. The maximum absolute atomic E-state index is 12.4. The van der Waals surface area contributed by atoms with E-state index in [4.69, 9.17) is 21.1 Å². The molecule has 0 saturated heterocycles. The van der Waals surface area contributed by atoms with E-state index in [1.54, 1.807) is 50.5 Å². The number of rotatable bonds is 6. The van der Waals surface area contributed by atoms with Crippen molar-refractivity contribution in [2.45, 2.75) is 19.6 Å². The van der Waals surface area contributed by atoms with Gasteiger partial charge in [-0.1, -0.05) is 35.9 Å². The zero-order valence-electron chi connectivity index (χ0n) is 14.4. The lowest BCUT2D eigenvalue weighted by molar-refractivity contribution is -0.137. The van der Waals surface area contributed by atoms with Crippen LogP contribution in [0.25, 0.3) is 0 Å². The highest BCUT2D eigenvalue weighted by Crippen LogP contribution is 2.21. The van der Waals surface area contributed by atoms with E-state index in [0.717, 1.165) is 5.56 Å². The Morgan fingerprint density at radius 1 is 1.08 bits per heavy atom. The highest BCUT2D eigenvalue weighted by molar-refractivity contribution is 6.30. The van der Waals surface area contributed by atoms with Gasteiger partial charge in [0.1, 0.15) is 17.9 Å². The summed E-state index contributed by atoms with van der Waals surface area (Å²) in [6.07, 6.45) is -0.869. The van der Waals surface area contributed by atoms with Gasteiger partial charge in [-0.2, -0.15) is 0 Å². The predicted molar refractivity (Wildman–Crippen MR) is 95.8 cm³/mol. The van der Waals surface area contributed by atoms with Crippen molar-refractivity contribution in [1.29, 1.82) is 0 Å². The number of nitrogens with zero attached hydrogens (tertiary/aromatic N) is 1. The van der Waals surface area contributed by atoms with Gasteiger partial charge in [-0.25, -0.2) is 4.79 Å². The van der Waals surface area contributed by atoms with Gasteiger partial charge in [0.05, 0.1) is 0 Å². The van der Waals surface area contributed by atoms with Crippen molar-refractivity contribution < 1.29 is 19.1 Å². The fraction of sp³-hybridized carbons (Fsp3) is 0.263. The van der Waals surface area contributed by atoms with Gasteiger partial charge in [-0.15, -0.1) is 0 Å². The second-order valence-corrected chi connectivity index (χ2v) is 6.13. The summed E-state index contributed by atoms with van der Waals surface area (Å²) < 4.78 is 11.0. The van der Waals surface area contributed by atoms with Gasteiger partial charge in [0.15, 0.2) is 6.10 Å². The predicted octanol–water partition coefficient (Wildman–Crippen LogP) is 3.55. The lowest BCUT2D eigenvalue weighted by atomic mass is 10.2. The van der Waals surface area contributed by atoms with E-state index in [-0.39, 0.29) is 18.1 Å². The van der Waals surface area contributed by atoms with E-state index in [9.17, 15) is 9.59 Å². The van der Waals surface area contributed by atoms with Crippen LogP contribution in [0.3, 0.4) is 0 Å². The van der Waals surface area contributed by atoms with Crippen molar-refractivity contribution in [3.63, 3.8) is 0 Å². The SMILES string of the molecule is CC(OC(=O)c1ccccc1OCc1ccc(Cl)cc1)C(=O)N(C)C. The van der Waals surface area contributed by atoms with E-state index in [2.05, 4.69) is 0 Å². The van der Waals surface area contributed by atoms with Crippen molar-refractivity contribution in [1.82, 2.24) is 4.90 Å². The van der Waals surface area contributed by atoms with E-state index in [1.165, 1.54) is 11.8 Å². The van der Waals surface area contributed by atoms with Crippen LogP contribution >= 0.6 is 11.6 Å². The molecule has 1 amide bonds. The van der Waals surface area contributed by atoms with Gasteiger partial charge in [0.2, 0.25) is 0 Å². The average molecular weight is 362 g/mol. The number of halogens is 1. The molecule has 1 unspecified atom stereocenters. The summed E-state index contributed by atoms with van der Waals surface area (Å²) in [7, 11) is 3.21. The molecule has 0 N–H and O–H groups in total. The molecular formula is C19H20ClNO4. The third-order valence-electron chi connectivity index (χ3n) is 3.49. The topological polar surface area (TPSA) is 55.8 Å². The van der Waals surface area contributed by atoms with Gasteiger partial charge in [-0.3, -0.25) is 4.79 Å². The fourth-order valence-corrected chi connectivity index (χ4v) is 2.27. The van der Waals surface area contributed by atoms with Crippen LogP contribution in [0.5, 0.6) is 5.75 Å². The molecule has 5 nitrogen and oxygen atoms in total. The lowest BCUT2D eigenvalue weighted by Crippen LogP contribution is -2.35. The molecule has 0 bridgehead atoms. The van der Waals surface area contributed by atoms with E-state index >= 15 is 0 Å². The van der Waals surface area contributed by atoms with Gasteiger partial charge in [0, 0.05) is 19.1 Å². The molecule has 0 aliphatic heterocycles. The van der Waals surface area contributed by atoms with Crippen LogP contribution in [0.2, 0.25) is 5.02 Å². The second-order valence-electron chi connectivity index (χ2n) is 5.69. The normalized spacial score (nSPS) is 11.5. The summed E-state index contributed by atoms with van der Waals surface area (Å²) in [4.78, 5) is 25.6. The molecule has 0 saturated carbocycles. The van der Waals surface area contributed by atoms with Crippen molar-refractivity contribution in [2.75, 3.05) is 14.1 Å². The highest BCUT2D eigenvalue weighted by atomic mass is 35.5. The van der Waals surface area contributed by atoms with Crippen LogP contribution < -0.4 is 4.74 Å². The number of carbonyl (C=O) groups excluding carboxylic acids is 2. The van der Waals surface area contributed by atoms with E-state index < -0.39 is 12.1 Å². The molecule has 2 aromatic rings. The monoisotopic (exact) mass is 361 g/mol. The standard InChI is InChI=1S/C19H20ClNO4/c1-13(18(22)21(2)3)25-19(23)16-6-4-5-7-17(16)24-12-14-8-10-15(20)11-9-14/h4-11,13H,12H2,1-3H3. The first kappa shape index (κ1) is 18.8. The summed E-state index contributed by atoms with van der Waals surface area (Å²) in [5.41, 5.74) is 1.19. The number of ether oxygens (including phenoxy) is 2. The number of hydrogen-bond acceptors (Lipinski definition) is 4. The molecular weight excluding hydrogens is 342 g/mol. The minimum Gasteiger partial charge on any atom is -0.488 e. The Morgan fingerprint density at radius 2 is 1.72 bits per heavy atom. The molecule has 1 atom stereocenters. The number of amides is 1. The van der Waals surface area contributed by atoms with E-state index in [1.807, 2.05) is 12.1 Å². The van der Waals surface area contributed by atoms with Gasteiger partial charge < -0.3 is 14.4 Å². The molecule has 0 fully saturated rings. The molecule has 0 spiro atoms. The first-order chi connectivity index (χ1) is 11.9.